The average Bonchev–Trinajstić information content (AvgIpc) is 2.62. The maximum Gasteiger partial charge on any atom is 0.234 e. The van der Waals surface area contributed by atoms with Crippen LogP contribution in [0.5, 0.6) is 0 Å². The van der Waals surface area contributed by atoms with Crippen molar-refractivity contribution in [2.45, 2.75) is 26.8 Å². The Morgan fingerprint density at radius 1 is 0.963 bits per heavy atom. The molecule has 2 rings (SSSR count). The summed E-state index contributed by atoms with van der Waals surface area (Å²) in [7, 11) is 0. The molecule has 0 radical (unpaired) electrons. The lowest BCUT2D eigenvalue weighted by Gasteiger charge is -2.23. The van der Waals surface area contributed by atoms with Gasteiger partial charge in [-0.15, -0.1) is 11.8 Å². The van der Waals surface area contributed by atoms with Crippen molar-refractivity contribution in [3.05, 3.63) is 65.5 Å². The third kappa shape index (κ3) is 7.06. The summed E-state index contributed by atoms with van der Waals surface area (Å²) >= 11 is 1.26. The van der Waals surface area contributed by atoms with E-state index in [1.807, 2.05) is 45.0 Å². The van der Waals surface area contributed by atoms with Crippen LogP contribution in [0, 0.1) is 18.7 Å². The van der Waals surface area contributed by atoms with Crippen molar-refractivity contribution in [1.29, 1.82) is 0 Å². The zero-order valence-electron chi connectivity index (χ0n) is 15.8. The molecule has 0 saturated carbocycles. The van der Waals surface area contributed by atoms with E-state index in [1.54, 1.807) is 12.1 Å². The van der Waals surface area contributed by atoms with E-state index in [2.05, 4.69) is 10.6 Å². The standard InChI is InChI=1S/C21H25FN2O2S/c1-14(2)21(16-6-8-17(22)9-7-16)24-20(26)13-27-12-19(25)23-18-10-4-15(3)5-11-18/h4-11,14,21H,12-13H2,1-3H3,(H,23,25)(H,24,26). The molecule has 2 aromatic rings. The maximum atomic E-state index is 13.1. The number of hydrogen-bond acceptors (Lipinski definition) is 3. The lowest BCUT2D eigenvalue weighted by Crippen LogP contribution is -2.33. The van der Waals surface area contributed by atoms with E-state index in [9.17, 15) is 14.0 Å². The molecule has 0 fully saturated rings. The first-order chi connectivity index (χ1) is 12.8. The highest BCUT2D eigenvalue weighted by Gasteiger charge is 2.18. The molecular weight excluding hydrogens is 363 g/mol. The van der Waals surface area contributed by atoms with Crippen LogP contribution in [0.3, 0.4) is 0 Å². The maximum absolute atomic E-state index is 13.1. The molecule has 4 nitrogen and oxygen atoms in total. The number of carbonyl (C=O) groups excluding carboxylic acids is 2. The molecular formula is C21H25FN2O2S. The van der Waals surface area contributed by atoms with Gasteiger partial charge in [0.05, 0.1) is 17.5 Å². The zero-order valence-corrected chi connectivity index (χ0v) is 16.6. The molecule has 0 saturated heterocycles. The summed E-state index contributed by atoms with van der Waals surface area (Å²) in [6, 6.07) is 13.5. The van der Waals surface area contributed by atoms with E-state index in [-0.39, 0.29) is 41.1 Å². The molecule has 2 amide bonds. The van der Waals surface area contributed by atoms with Crippen molar-refractivity contribution >= 4 is 29.3 Å². The van der Waals surface area contributed by atoms with E-state index >= 15 is 0 Å². The van der Waals surface area contributed by atoms with Crippen LogP contribution in [-0.2, 0) is 9.59 Å². The third-order valence-electron chi connectivity index (χ3n) is 4.01. The molecule has 0 heterocycles. The quantitative estimate of drug-likeness (QED) is 0.708. The van der Waals surface area contributed by atoms with Crippen molar-refractivity contribution in [3.63, 3.8) is 0 Å². The second kappa shape index (κ2) is 10.1. The lowest BCUT2D eigenvalue weighted by molar-refractivity contribution is -0.119. The number of carbonyl (C=O) groups is 2. The first-order valence-electron chi connectivity index (χ1n) is 8.84. The summed E-state index contributed by atoms with van der Waals surface area (Å²) in [6.45, 7) is 5.98. The Kier molecular flexibility index (Phi) is 7.85. The number of rotatable bonds is 8. The van der Waals surface area contributed by atoms with Crippen LogP contribution < -0.4 is 10.6 Å². The molecule has 2 N–H and O–H groups in total. The topological polar surface area (TPSA) is 58.2 Å². The predicted molar refractivity (Wildman–Crippen MR) is 109 cm³/mol. The number of anilines is 1. The third-order valence-corrected chi connectivity index (χ3v) is 4.95. The number of benzene rings is 2. The number of aryl methyl sites for hydroxylation is 1. The van der Waals surface area contributed by atoms with E-state index in [0.717, 1.165) is 16.8 Å². The van der Waals surface area contributed by atoms with Crippen LogP contribution in [0.15, 0.2) is 48.5 Å². The SMILES string of the molecule is Cc1ccc(NC(=O)CSCC(=O)NC(c2ccc(F)cc2)C(C)C)cc1. The molecule has 0 aliphatic heterocycles. The Balaban J connectivity index is 1.79. The Labute approximate surface area is 163 Å². The number of thioether (sulfide) groups is 1. The summed E-state index contributed by atoms with van der Waals surface area (Å²) in [5, 5.41) is 5.77. The molecule has 0 bridgehead atoms. The summed E-state index contributed by atoms with van der Waals surface area (Å²) in [4.78, 5) is 24.2. The highest BCUT2D eigenvalue weighted by Crippen LogP contribution is 2.22. The molecule has 0 aliphatic carbocycles. The van der Waals surface area contributed by atoms with E-state index in [0.29, 0.717) is 0 Å². The van der Waals surface area contributed by atoms with Crippen molar-refractivity contribution in [2.75, 3.05) is 16.8 Å². The molecule has 6 heteroatoms. The van der Waals surface area contributed by atoms with Gasteiger partial charge in [0.1, 0.15) is 5.82 Å². The Morgan fingerprint density at radius 2 is 1.56 bits per heavy atom. The first-order valence-corrected chi connectivity index (χ1v) is 9.99. The fraction of sp³-hybridized carbons (Fsp3) is 0.333. The second-order valence-corrected chi connectivity index (χ2v) is 7.73. The van der Waals surface area contributed by atoms with Gasteiger partial charge in [0.15, 0.2) is 0 Å². The Bertz CT molecular complexity index is 761. The van der Waals surface area contributed by atoms with Gasteiger partial charge in [-0.3, -0.25) is 9.59 Å². The van der Waals surface area contributed by atoms with Gasteiger partial charge in [-0.2, -0.15) is 0 Å². The van der Waals surface area contributed by atoms with Crippen LogP contribution in [0.2, 0.25) is 0 Å². The number of halogens is 1. The minimum atomic E-state index is -0.303. The van der Waals surface area contributed by atoms with Crippen LogP contribution >= 0.6 is 11.8 Å². The van der Waals surface area contributed by atoms with Gasteiger partial charge >= 0.3 is 0 Å². The average molecular weight is 389 g/mol. The minimum absolute atomic E-state index is 0.143. The predicted octanol–water partition coefficient (Wildman–Crippen LogP) is 4.32. The van der Waals surface area contributed by atoms with Crippen LogP contribution in [0.25, 0.3) is 0 Å². The van der Waals surface area contributed by atoms with Gasteiger partial charge in [0, 0.05) is 5.69 Å². The van der Waals surface area contributed by atoms with Crippen LogP contribution in [0.4, 0.5) is 10.1 Å². The fourth-order valence-electron chi connectivity index (χ4n) is 2.59. The summed E-state index contributed by atoms with van der Waals surface area (Å²) in [6.07, 6.45) is 0. The number of hydrogen-bond donors (Lipinski definition) is 2. The highest BCUT2D eigenvalue weighted by molar-refractivity contribution is 8.00. The molecule has 27 heavy (non-hydrogen) atoms. The van der Waals surface area contributed by atoms with E-state index < -0.39 is 0 Å². The van der Waals surface area contributed by atoms with Gasteiger partial charge < -0.3 is 10.6 Å². The highest BCUT2D eigenvalue weighted by atomic mass is 32.2. The first kappa shape index (κ1) is 21.0. The van der Waals surface area contributed by atoms with Crippen molar-refractivity contribution in [2.24, 2.45) is 5.92 Å². The smallest absolute Gasteiger partial charge is 0.234 e. The van der Waals surface area contributed by atoms with Crippen LogP contribution in [-0.4, -0.2) is 23.3 Å². The number of amides is 2. The normalized spacial score (nSPS) is 11.9. The fourth-order valence-corrected chi connectivity index (χ4v) is 3.22. The molecule has 1 unspecified atom stereocenters. The molecule has 1 atom stereocenters. The van der Waals surface area contributed by atoms with Crippen molar-refractivity contribution < 1.29 is 14.0 Å². The van der Waals surface area contributed by atoms with E-state index in [1.165, 1.54) is 23.9 Å². The summed E-state index contributed by atoms with van der Waals surface area (Å²) in [5.41, 5.74) is 2.73. The minimum Gasteiger partial charge on any atom is -0.348 e. The van der Waals surface area contributed by atoms with Gasteiger partial charge in [-0.25, -0.2) is 4.39 Å². The van der Waals surface area contributed by atoms with Gasteiger partial charge in [-0.1, -0.05) is 43.7 Å². The molecule has 144 valence electrons. The van der Waals surface area contributed by atoms with Gasteiger partial charge in [-0.05, 0) is 42.7 Å². The van der Waals surface area contributed by atoms with Crippen LogP contribution in [0.1, 0.15) is 31.0 Å². The summed E-state index contributed by atoms with van der Waals surface area (Å²) in [5.74, 6) is -0.0469. The monoisotopic (exact) mass is 388 g/mol. The summed E-state index contributed by atoms with van der Waals surface area (Å²) < 4.78 is 13.1. The molecule has 0 aliphatic rings. The van der Waals surface area contributed by atoms with Crippen molar-refractivity contribution in [1.82, 2.24) is 5.32 Å². The molecule has 0 spiro atoms. The van der Waals surface area contributed by atoms with Gasteiger partial charge in [0.2, 0.25) is 11.8 Å². The lowest BCUT2D eigenvalue weighted by atomic mass is 9.96. The van der Waals surface area contributed by atoms with E-state index in [4.69, 9.17) is 0 Å². The van der Waals surface area contributed by atoms with Crippen molar-refractivity contribution in [3.8, 4) is 0 Å². The second-order valence-electron chi connectivity index (χ2n) is 6.75. The Morgan fingerprint density at radius 3 is 2.15 bits per heavy atom. The van der Waals surface area contributed by atoms with Gasteiger partial charge in [0.25, 0.3) is 0 Å². The Hall–Kier alpha value is -2.34. The zero-order chi connectivity index (χ0) is 19.8. The molecule has 0 aromatic heterocycles. The largest absolute Gasteiger partial charge is 0.348 e. The molecule has 2 aromatic carbocycles. The number of nitrogens with one attached hydrogen (secondary N) is 2.